The molecule has 0 unspecified atom stereocenters. The van der Waals surface area contributed by atoms with Crippen LogP contribution in [-0.4, -0.2) is 17.6 Å². The van der Waals surface area contributed by atoms with Crippen molar-refractivity contribution in [2.45, 2.75) is 19.4 Å². The van der Waals surface area contributed by atoms with Gasteiger partial charge in [0.05, 0.1) is 13.0 Å². The maximum atomic E-state index is 11.5. The average Bonchev–Trinajstić information content (AvgIpc) is 2.48. The standard InChI is InChI=1S/C16H18N2O2/c1-2-20-16(19)9-15(17)14-8-13(10-18-11-14)12-6-4-3-5-7-12/h3-8,10-11,15H,2,9,17H2,1H3/t15-/m0/s1. The van der Waals surface area contributed by atoms with Crippen LogP contribution in [0.2, 0.25) is 0 Å². The molecule has 0 aliphatic rings. The van der Waals surface area contributed by atoms with Crippen molar-refractivity contribution in [2.24, 2.45) is 5.73 Å². The van der Waals surface area contributed by atoms with Crippen LogP contribution in [0.5, 0.6) is 0 Å². The molecule has 0 bridgehead atoms. The molecule has 104 valence electrons. The molecule has 1 aromatic heterocycles. The van der Waals surface area contributed by atoms with Crippen LogP contribution in [0, 0.1) is 0 Å². The van der Waals surface area contributed by atoms with Crippen molar-refractivity contribution >= 4 is 5.97 Å². The number of aromatic nitrogens is 1. The highest BCUT2D eigenvalue weighted by atomic mass is 16.5. The first-order chi connectivity index (χ1) is 9.70. The second kappa shape index (κ2) is 6.82. The number of nitrogens with zero attached hydrogens (tertiary/aromatic N) is 1. The van der Waals surface area contributed by atoms with E-state index >= 15 is 0 Å². The van der Waals surface area contributed by atoms with Gasteiger partial charge in [-0.2, -0.15) is 0 Å². The summed E-state index contributed by atoms with van der Waals surface area (Å²) >= 11 is 0. The topological polar surface area (TPSA) is 65.2 Å². The number of rotatable bonds is 5. The van der Waals surface area contributed by atoms with Crippen molar-refractivity contribution in [1.82, 2.24) is 4.98 Å². The fraction of sp³-hybridized carbons (Fsp3) is 0.250. The minimum atomic E-state index is -0.398. The third-order valence-electron chi connectivity index (χ3n) is 2.99. The van der Waals surface area contributed by atoms with E-state index in [1.54, 1.807) is 19.3 Å². The Labute approximate surface area is 118 Å². The van der Waals surface area contributed by atoms with Crippen LogP contribution in [0.3, 0.4) is 0 Å². The van der Waals surface area contributed by atoms with Gasteiger partial charge in [-0.3, -0.25) is 9.78 Å². The van der Waals surface area contributed by atoms with Crippen molar-refractivity contribution in [1.29, 1.82) is 0 Å². The molecule has 0 amide bonds. The lowest BCUT2D eigenvalue weighted by Crippen LogP contribution is -2.17. The third kappa shape index (κ3) is 3.65. The molecule has 2 rings (SSSR count). The van der Waals surface area contributed by atoms with Crippen LogP contribution >= 0.6 is 0 Å². The SMILES string of the molecule is CCOC(=O)C[C@H](N)c1cncc(-c2ccccc2)c1. The van der Waals surface area contributed by atoms with Crippen LogP contribution in [-0.2, 0) is 9.53 Å². The molecule has 0 radical (unpaired) electrons. The minimum absolute atomic E-state index is 0.160. The maximum absolute atomic E-state index is 11.5. The number of nitrogens with two attached hydrogens (primary N) is 1. The molecule has 0 aliphatic heterocycles. The largest absolute Gasteiger partial charge is 0.466 e. The normalized spacial score (nSPS) is 11.9. The molecule has 20 heavy (non-hydrogen) atoms. The summed E-state index contributed by atoms with van der Waals surface area (Å²) in [5, 5.41) is 0. The summed E-state index contributed by atoms with van der Waals surface area (Å²) in [6.45, 7) is 2.15. The highest BCUT2D eigenvalue weighted by Crippen LogP contribution is 2.22. The predicted molar refractivity (Wildman–Crippen MR) is 77.9 cm³/mol. The van der Waals surface area contributed by atoms with Gasteiger partial charge in [0.15, 0.2) is 0 Å². The summed E-state index contributed by atoms with van der Waals surface area (Å²) in [5.74, 6) is -0.287. The zero-order valence-electron chi connectivity index (χ0n) is 11.5. The molecule has 1 atom stereocenters. The second-order valence-electron chi connectivity index (χ2n) is 4.49. The Balaban J connectivity index is 2.15. The molecular weight excluding hydrogens is 252 g/mol. The van der Waals surface area contributed by atoms with Gasteiger partial charge in [-0.05, 0) is 24.1 Å². The Kier molecular flexibility index (Phi) is 4.85. The average molecular weight is 270 g/mol. The molecule has 4 nitrogen and oxygen atoms in total. The maximum Gasteiger partial charge on any atom is 0.307 e. The fourth-order valence-electron chi connectivity index (χ4n) is 1.97. The number of pyridine rings is 1. The molecule has 0 aliphatic carbocycles. The number of hydrogen-bond donors (Lipinski definition) is 1. The zero-order chi connectivity index (χ0) is 14.4. The van der Waals surface area contributed by atoms with E-state index in [9.17, 15) is 4.79 Å². The first-order valence-corrected chi connectivity index (χ1v) is 6.62. The summed E-state index contributed by atoms with van der Waals surface area (Å²) in [6, 6.07) is 11.5. The van der Waals surface area contributed by atoms with Crippen molar-refractivity contribution < 1.29 is 9.53 Å². The molecule has 0 saturated carbocycles. The van der Waals surface area contributed by atoms with Gasteiger partial charge in [0.2, 0.25) is 0 Å². The second-order valence-corrected chi connectivity index (χ2v) is 4.49. The van der Waals surface area contributed by atoms with Gasteiger partial charge in [0, 0.05) is 24.0 Å². The lowest BCUT2D eigenvalue weighted by atomic mass is 10.0. The van der Waals surface area contributed by atoms with E-state index in [4.69, 9.17) is 10.5 Å². The van der Waals surface area contributed by atoms with E-state index in [0.29, 0.717) is 6.61 Å². The Morgan fingerprint density at radius 2 is 2.00 bits per heavy atom. The molecule has 0 fully saturated rings. The Morgan fingerprint density at radius 1 is 1.25 bits per heavy atom. The number of esters is 1. The number of carbonyl (C=O) groups excluding carboxylic acids is 1. The highest BCUT2D eigenvalue weighted by molar-refractivity contribution is 5.70. The van der Waals surface area contributed by atoms with Crippen LogP contribution in [0.1, 0.15) is 24.9 Å². The van der Waals surface area contributed by atoms with Gasteiger partial charge in [-0.1, -0.05) is 30.3 Å². The fourth-order valence-corrected chi connectivity index (χ4v) is 1.97. The van der Waals surface area contributed by atoms with Crippen LogP contribution < -0.4 is 5.73 Å². The third-order valence-corrected chi connectivity index (χ3v) is 2.99. The van der Waals surface area contributed by atoms with Crippen LogP contribution in [0.4, 0.5) is 0 Å². The number of ether oxygens (including phenoxy) is 1. The van der Waals surface area contributed by atoms with Gasteiger partial charge in [0.1, 0.15) is 0 Å². The minimum Gasteiger partial charge on any atom is -0.466 e. The van der Waals surface area contributed by atoms with E-state index in [1.165, 1.54) is 0 Å². The Bertz CT molecular complexity index is 570. The Hall–Kier alpha value is -2.20. The number of hydrogen-bond acceptors (Lipinski definition) is 4. The molecule has 0 saturated heterocycles. The Morgan fingerprint density at radius 3 is 2.70 bits per heavy atom. The van der Waals surface area contributed by atoms with E-state index in [-0.39, 0.29) is 12.4 Å². The van der Waals surface area contributed by atoms with E-state index in [0.717, 1.165) is 16.7 Å². The molecule has 2 aromatic rings. The lowest BCUT2D eigenvalue weighted by Gasteiger charge is -2.12. The first kappa shape index (κ1) is 14.2. The van der Waals surface area contributed by atoms with Gasteiger partial charge in [-0.15, -0.1) is 0 Å². The summed E-state index contributed by atoms with van der Waals surface area (Å²) in [5.41, 5.74) is 8.93. The van der Waals surface area contributed by atoms with Crippen LogP contribution in [0.25, 0.3) is 11.1 Å². The van der Waals surface area contributed by atoms with Crippen LogP contribution in [0.15, 0.2) is 48.8 Å². The summed E-state index contributed by atoms with van der Waals surface area (Å²) in [6.07, 6.45) is 3.64. The highest BCUT2D eigenvalue weighted by Gasteiger charge is 2.13. The summed E-state index contributed by atoms with van der Waals surface area (Å²) < 4.78 is 4.91. The van der Waals surface area contributed by atoms with Gasteiger partial charge in [0.25, 0.3) is 0 Å². The van der Waals surface area contributed by atoms with E-state index in [1.807, 2.05) is 36.4 Å². The van der Waals surface area contributed by atoms with Crippen molar-refractivity contribution in [3.05, 3.63) is 54.4 Å². The molecule has 1 aromatic carbocycles. The summed E-state index contributed by atoms with van der Waals surface area (Å²) in [4.78, 5) is 15.7. The van der Waals surface area contributed by atoms with E-state index < -0.39 is 6.04 Å². The van der Waals surface area contributed by atoms with Gasteiger partial charge < -0.3 is 10.5 Å². The molecule has 2 N–H and O–H groups in total. The molecule has 1 heterocycles. The number of carbonyl (C=O) groups is 1. The predicted octanol–water partition coefficient (Wildman–Crippen LogP) is 2.70. The monoisotopic (exact) mass is 270 g/mol. The quantitative estimate of drug-likeness (QED) is 0.848. The van der Waals surface area contributed by atoms with Gasteiger partial charge >= 0.3 is 5.97 Å². The smallest absolute Gasteiger partial charge is 0.307 e. The lowest BCUT2D eigenvalue weighted by molar-refractivity contribution is -0.143. The van der Waals surface area contributed by atoms with E-state index in [2.05, 4.69) is 4.98 Å². The first-order valence-electron chi connectivity index (χ1n) is 6.62. The van der Waals surface area contributed by atoms with Gasteiger partial charge in [-0.25, -0.2) is 0 Å². The van der Waals surface area contributed by atoms with Crippen molar-refractivity contribution in [2.75, 3.05) is 6.61 Å². The number of benzene rings is 1. The summed E-state index contributed by atoms with van der Waals surface area (Å²) in [7, 11) is 0. The molecule has 4 heteroatoms. The van der Waals surface area contributed by atoms with Crippen molar-refractivity contribution in [3.63, 3.8) is 0 Å². The van der Waals surface area contributed by atoms with Crippen molar-refractivity contribution in [3.8, 4) is 11.1 Å². The molecule has 0 spiro atoms. The molecular formula is C16H18N2O2. The zero-order valence-corrected chi connectivity index (χ0v) is 11.5.